The average molecular weight is 415 g/mol. The Labute approximate surface area is 174 Å². The van der Waals surface area contributed by atoms with E-state index < -0.39 is 9.84 Å². The van der Waals surface area contributed by atoms with Gasteiger partial charge < -0.3 is 5.11 Å². The number of nitrogens with zero attached hydrogens (tertiary/aromatic N) is 2. The quantitative estimate of drug-likeness (QED) is 0.734. The predicted molar refractivity (Wildman–Crippen MR) is 117 cm³/mol. The van der Waals surface area contributed by atoms with Crippen LogP contribution in [0.25, 0.3) is 0 Å². The number of benzene rings is 2. The van der Waals surface area contributed by atoms with Gasteiger partial charge in [-0.15, -0.1) is 6.58 Å². The molecule has 0 unspecified atom stereocenters. The van der Waals surface area contributed by atoms with E-state index in [4.69, 9.17) is 0 Å². The Hall–Kier alpha value is -2.15. The van der Waals surface area contributed by atoms with Crippen LogP contribution in [0.1, 0.15) is 31.0 Å². The summed E-state index contributed by atoms with van der Waals surface area (Å²) in [5.41, 5.74) is 2.01. The first-order valence-electron chi connectivity index (χ1n) is 9.90. The van der Waals surface area contributed by atoms with Crippen LogP contribution in [0.15, 0.2) is 66.1 Å². The Balaban J connectivity index is 2.01. The highest BCUT2D eigenvalue weighted by atomic mass is 32.2. The highest BCUT2D eigenvalue weighted by Gasteiger charge is 2.34. The van der Waals surface area contributed by atoms with Crippen molar-refractivity contribution in [2.75, 3.05) is 25.9 Å². The van der Waals surface area contributed by atoms with Gasteiger partial charge in [0.15, 0.2) is 9.84 Å². The van der Waals surface area contributed by atoms with Crippen LogP contribution in [0.3, 0.4) is 0 Å². The van der Waals surface area contributed by atoms with Crippen LogP contribution >= 0.6 is 0 Å². The Morgan fingerprint density at radius 2 is 1.79 bits per heavy atom. The van der Waals surface area contributed by atoms with E-state index in [2.05, 4.69) is 30.2 Å². The highest BCUT2D eigenvalue weighted by molar-refractivity contribution is 7.90. The van der Waals surface area contributed by atoms with Gasteiger partial charge in [-0.2, -0.15) is 0 Å². The van der Waals surface area contributed by atoms with Crippen molar-refractivity contribution in [3.8, 4) is 5.75 Å². The molecular weight excluding hydrogens is 384 g/mol. The molecule has 1 heterocycles. The second-order valence-electron chi connectivity index (χ2n) is 7.98. The van der Waals surface area contributed by atoms with E-state index in [0.29, 0.717) is 10.9 Å². The van der Waals surface area contributed by atoms with Crippen LogP contribution in [0.4, 0.5) is 0 Å². The molecule has 0 bridgehead atoms. The minimum absolute atomic E-state index is 0.0703. The molecule has 0 aliphatic carbocycles. The molecule has 0 saturated carbocycles. The third kappa shape index (κ3) is 4.89. The second kappa shape index (κ2) is 8.69. The van der Waals surface area contributed by atoms with Crippen molar-refractivity contribution >= 4 is 9.84 Å². The molecule has 1 aliphatic rings. The molecule has 156 valence electrons. The van der Waals surface area contributed by atoms with Crippen LogP contribution in [0.2, 0.25) is 0 Å². The van der Waals surface area contributed by atoms with Gasteiger partial charge in [0.2, 0.25) is 0 Å². The SMILES string of the molecule is C=CCN1C[C@@H](C)N([C@H](c2ccc(S(C)(=O)=O)cc2)c2cccc(O)c2)C[C@@H]1C. The summed E-state index contributed by atoms with van der Waals surface area (Å²) in [6, 6.07) is 15.0. The molecule has 0 radical (unpaired) electrons. The van der Waals surface area contributed by atoms with Crippen LogP contribution in [-0.4, -0.2) is 61.3 Å². The summed E-state index contributed by atoms with van der Waals surface area (Å²) < 4.78 is 23.7. The lowest BCUT2D eigenvalue weighted by molar-refractivity contribution is 0.0306. The van der Waals surface area contributed by atoms with Gasteiger partial charge in [-0.25, -0.2) is 8.42 Å². The van der Waals surface area contributed by atoms with Crippen molar-refractivity contribution in [2.45, 2.75) is 36.9 Å². The van der Waals surface area contributed by atoms with Crippen molar-refractivity contribution in [1.29, 1.82) is 0 Å². The lowest BCUT2D eigenvalue weighted by atomic mass is 9.93. The van der Waals surface area contributed by atoms with Crippen LogP contribution < -0.4 is 0 Å². The minimum atomic E-state index is -3.24. The Morgan fingerprint density at radius 1 is 1.10 bits per heavy atom. The van der Waals surface area contributed by atoms with Gasteiger partial charge in [0, 0.05) is 38.0 Å². The van der Waals surface area contributed by atoms with E-state index in [-0.39, 0.29) is 17.8 Å². The molecule has 2 aromatic rings. The number of hydrogen-bond donors (Lipinski definition) is 1. The molecule has 0 amide bonds. The van der Waals surface area contributed by atoms with Crippen molar-refractivity contribution < 1.29 is 13.5 Å². The normalized spacial score (nSPS) is 22.3. The largest absolute Gasteiger partial charge is 0.508 e. The van der Waals surface area contributed by atoms with Gasteiger partial charge in [-0.05, 0) is 49.2 Å². The summed E-state index contributed by atoms with van der Waals surface area (Å²) >= 11 is 0. The molecule has 0 aromatic heterocycles. The van der Waals surface area contributed by atoms with Gasteiger partial charge in [-0.1, -0.05) is 30.3 Å². The van der Waals surface area contributed by atoms with Crippen molar-refractivity contribution in [3.05, 3.63) is 72.3 Å². The zero-order valence-corrected chi connectivity index (χ0v) is 18.1. The maximum absolute atomic E-state index is 11.9. The van der Waals surface area contributed by atoms with E-state index in [1.54, 1.807) is 24.3 Å². The van der Waals surface area contributed by atoms with E-state index >= 15 is 0 Å². The van der Waals surface area contributed by atoms with Crippen molar-refractivity contribution in [1.82, 2.24) is 9.80 Å². The van der Waals surface area contributed by atoms with Gasteiger partial charge in [0.1, 0.15) is 5.75 Å². The molecular formula is C23H30N2O3S. The predicted octanol–water partition coefficient (Wildman–Crippen LogP) is 3.47. The third-order valence-electron chi connectivity index (χ3n) is 5.67. The number of piperazine rings is 1. The molecule has 1 N–H and O–H groups in total. The highest BCUT2D eigenvalue weighted by Crippen LogP contribution is 2.34. The number of rotatable bonds is 6. The number of hydrogen-bond acceptors (Lipinski definition) is 5. The first-order valence-corrected chi connectivity index (χ1v) is 11.8. The zero-order valence-electron chi connectivity index (χ0n) is 17.3. The second-order valence-corrected chi connectivity index (χ2v) is 9.99. The van der Waals surface area contributed by atoms with Crippen molar-refractivity contribution in [2.24, 2.45) is 0 Å². The molecule has 29 heavy (non-hydrogen) atoms. The standard InChI is InChI=1S/C23H30N2O3S/c1-5-13-24-15-18(3)25(16-17(24)2)23(20-7-6-8-21(26)14-20)19-9-11-22(12-10-19)29(4,27)28/h5-12,14,17-18,23,26H,1,13,15-16H2,2-4H3/t17-,18+,23+/m0/s1. The number of phenols is 1. The van der Waals surface area contributed by atoms with Crippen LogP contribution in [0.5, 0.6) is 5.75 Å². The smallest absolute Gasteiger partial charge is 0.175 e. The molecule has 1 saturated heterocycles. The van der Waals surface area contributed by atoms with Gasteiger partial charge in [0.25, 0.3) is 0 Å². The van der Waals surface area contributed by atoms with E-state index in [9.17, 15) is 13.5 Å². The van der Waals surface area contributed by atoms with Gasteiger partial charge >= 0.3 is 0 Å². The summed E-state index contributed by atoms with van der Waals surface area (Å²) in [7, 11) is -3.24. The minimum Gasteiger partial charge on any atom is -0.508 e. The summed E-state index contributed by atoms with van der Waals surface area (Å²) in [5, 5.41) is 10.1. The van der Waals surface area contributed by atoms with Crippen LogP contribution in [0, 0.1) is 0 Å². The Morgan fingerprint density at radius 3 is 2.38 bits per heavy atom. The van der Waals surface area contributed by atoms with E-state index in [0.717, 1.165) is 30.8 Å². The topological polar surface area (TPSA) is 60.9 Å². The fourth-order valence-corrected chi connectivity index (χ4v) is 4.80. The maximum Gasteiger partial charge on any atom is 0.175 e. The number of sulfone groups is 1. The Kier molecular flexibility index (Phi) is 6.46. The summed E-state index contributed by atoms with van der Waals surface area (Å²) in [4.78, 5) is 5.17. The molecule has 3 atom stereocenters. The fourth-order valence-electron chi connectivity index (χ4n) is 4.17. The lowest BCUT2D eigenvalue weighted by Gasteiger charge is -2.47. The molecule has 1 fully saturated rings. The monoisotopic (exact) mass is 414 g/mol. The van der Waals surface area contributed by atoms with Gasteiger partial charge in [-0.3, -0.25) is 9.80 Å². The molecule has 3 rings (SSSR count). The third-order valence-corrected chi connectivity index (χ3v) is 6.80. The lowest BCUT2D eigenvalue weighted by Crippen LogP contribution is -2.57. The molecule has 0 spiro atoms. The first kappa shape index (κ1) is 21.6. The summed E-state index contributed by atoms with van der Waals surface area (Å²) in [6.45, 7) is 10.9. The van der Waals surface area contributed by atoms with Gasteiger partial charge in [0.05, 0.1) is 10.9 Å². The maximum atomic E-state index is 11.9. The summed E-state index contributed by atoms with van der Waals surface area (Å²) in [5.74, 6) is 0.228. The number of phenolic OH excluding ortho intramolecular Hbond substituents is 1. The van der Waals surface area contributed by atoms with E-state index in [1.807, 2.05) is 30.3 Å². The zero-order chi connectivity index (χ0) is 21.2. The number of aromatic hydroxyl groups is 1. The molecule has 5 nitrogen and oxygen atoms in total. The summed E-state index contributed by atoms with van der Waals surface area (Å²) in [6.07, 6.45) is 3.16. The molecule has 2 aromatic carbocycles. The van der Waals surface area contributed by atoms with E-state index in [1.165, 1.54) is 6.26 Å². The van der Waals surface area contributed by atoms with Crippen LogP contribution in [-0.2, 0) is 9.84 Å². The van der Waals surface area contributed by atoms with Crippen molar-refractivity contribution in [3.63, 3.8) is 0 Å². The molecule has 1 aliphatic heterocycles. The molecule has 6 heteroatoms. The fraction of sp³-hybridized carbons (Fsp3) is 0.391. The Bertz CT molecular complexity index is 956. The first-order chi connectivity index (χ1) is 13.7. The average Bonchev–Trinajstić information content (AvgIpc) is 2.66.